The molecule has 0 aliphatic rings. The highest BCUT2D eigenvalue weighted by Gasteiger charge is 2.28. The van der Waals surface area contributed by atoms with Gasteiger partial charge < -0.3 is 17.7 Å². The summed E-state index contributed by atoms with van der Waals surface area (Å²) in [5, 5.41) is 0. The monoisotopic (exact) mass is 322 g/mol. The van der Waals surface area contributed by atoms with Crippen LogP contribution in [0, 0.1) is 0 Å². The molecule has 20 heavy (non-hydrogen) atoms. The molecule has 0 aromatic rings. The number of hydrogen-bond donors (Lipinski definition) is 0. The lowest BCUT2D eigenvalue weighted by Crippen LogP contribution is -2.35. The Bertz CT molecular complexity index is 207. The number of rotatable bonds is 13. The summed E-state index contributed by atoms with van der Waals surface area (Å²) in [6, 6.07) is 2.19. The zero-order valence-corrected chi connectivity index (χ0v) is 16.3. The van der Waals surface area contributed by atoms with Crippen molar-refractivity contribution in [2.24, 2.45) is 0 Å². The largest absolute Gasteiger partial charge is 0.398 e. The fraction of sp³-hybridized carbons (Fsp3) is 1.00. The Balaban J connectivity index is 3.50. The van der Waals surface area contributed by atoms with Gasteiger partial charge in [0.1, 0.15) is 0 Å². The Labute approximate surface area is 127 Å². The molecule has 6 heteroatoms. The van der Waals surface area contributed by atoms with E-state index in [0.717, 1.165) is 12.1 Å². The molecule has 0 aromatic heterocycles. The van der Waals surface area contributed by atoms with Crippen LogP contribution in [0.4, 0.5) is 0 Å². The fourth-order valence-electron chi connectivity index (χ4n) is 2.17. The molecule has 0 heterocycles. The summed E-state index contributed by atoms with van der Waals surface area (Å²) < 4.78 is 22.0. The van der Waals surface area contributed by atoms with Gasteiger partial charge in [0.15, 0.2) is 0 Å². The lowest BCUT2D eigenvalue weighted by Gasteiger charge is -2.22. The normalized spacial score (nSPS) is 12.9. The van der Waals surface area contributed by atoms with Crippen molar-refractivity contribution in [1.82, 2.24) is 0 Å². The topological polar surface area (TPSA) is 36.9 Å². The molecule has 0 aromatic carbocycles. The Kier molecular flexibility index (Phi) is 11.1. The summed E-state index contributed by atoms with van der Waals surface area (Å²) in [6.45, 7) is 4.27. The number of hydrogen-bond acceptors (Lipinski definition) is 4. The molecule has 0 saturated carbocycles. The summed E-state index contributed by atoms with van der Waals surface area (Å²) in [5.74, 6) is 0. The average molecular weight is 323 g/mol. The lowest BCUT2D eigenvalue weighted by atomic mass is 10.1. The van der Waals surface area contributed by atoms with Gasteiger partial charge in [0, 0.05) is 28.4 Å². The minimum absolute atomic E-state index is 1.10. The van der Waals surface area contributed by atoms with Gasteiger partial charge in [0.05, 0.1) is 0 Å². The molecule has 0 aliphatic heterocycles. The van der Waals surface area contributed by atoms with Crippen LogP contribution in [-0.2, 0) is 17.7 Å². The van der Waals surface area contributed by atoms with Gasteiger partial charge in [-0.25, -0.2) is 0 Å². The zero-order chi connectivity index (χ0) is 15.5. The van der Waals surface area contributed by atoms with Crippen LogP contribution in [0.15, 0.2) is 0 Å². The van der Waals surface area contributed by atoms with E-state index in [2.05, 4.69) is 13.1 Å². The maximum Gasteiger partial charge on any atom is 0.334 e. The van der Waals surface area contributed by atoms with Gasteiger partial charge in [0.2, 0.25) is 0 Å². The summed E-state index contributed by atoms with van der Waals surface area (Å²) in [4.78, 5) is 0. The second-order valence-electron chi connectivity index (χ2n) is 5.71. The van der Waals surface area contributed by atoms with Gasteiger partial charge in [-0.3, -0.25) is 0 Å². The van der Waals surface area contributed by atoms with Gasteiger partial charge in [-0.15, -0.1) is 0 Å². The first-order valence-electron chi connectivity index (χ1n) is 7.66. The van der Waals surface area contributed by atoms with Gasteiger partial charge >= 0.3 is 17.1 Å². The Morgan fingerprint density at radius 3 is 1.00 bits per heavy atom. The third-order valence-electron chi connectivity index (χ3n) is 4.24. The molecule has 0 rings (SSSR count). The van der Waals surface area contributed by atoms with Crippen LogP contribution in [0.25, 0.3) is 0 Å². The van der Waals surface area contributed by atoms with Crippen LogP contribution in [0.5, 0.6) is 0 Å². The van der Waals surface area contributed by atoms with Crippen LogP contribution in [0.2, 0.25) is 25.2 Å². The maximum atomic E-state index is 5.49. The van der Waals surface area contributed by atoms with E-state index >= 15 is 0 Å². The molecule has 0 radical (unpaired) electrons. The van der Waals surface area contributed by atoms with Crippen LogP contribution in [0.1, 0.15) is 38.5 Å². The third-order valence-corrected chi connectivity index (χ3v) is 10.2. The molecule has 0 atom stereocenters. The predicted molar refractivity (Wildman–Crippen MR) is 88.6 cm³/mol. The van der Waals surface area contributed by atoms with E-state index in [0.29, 0.717) is 0 Å². The van der Waals surface area contributed by atoms with E-state index in [1.165, 1.54) is 38.5 Å². The minimum atomic E-state index is -1.83. The highest BCUT2D eigenvalue weighted by molar-refractivity contribution is 6.66. The molecule has 4 nitrogen and oxygen atoms in total. The van der Waals surface area contributed by atoms with Crippen molar-refractivity contribution in [2.75, 3.05) is 28.4 Å². The molecule has 0 bridgehead atoms. The molecular formula is C14H34O4Si2. The van der Waals surface area contributed by atoms with Gasteiger partial charge in [-0.05, 0) is 25.2 Å². The molecule has 0 saturated heterocycles. The predicted octanol–water partition coefficient (Wildman–Crippen LogP) is 4.06. The lowest BCUT2D eigenvalue weighted by molar-refractivity contribution is 0.247. The van der Waals surface area contributed by atoms with Crippen molar-refractivity contribution in [3.63, 3.8) is 0 Å². The molecule has 0 amide bonds. The first kappa shape index (κ1) is 20.3. The van der Waals surface area contributed by atoms with E-state index in [1.807, 2.05) is 0 Å². The number of unbranched alkanes of at least 4 members (excludes halogenated alkanes) is 5. The molecular weight excluding hydrogens is 288 g/mol. The van der Waals surface area contributed by atoms with E-state index in [9.17, 15) is 0 Å². The summed E-state index contributed by atoms with van der Waals surface area (Å²) >= 11 is 0. The Morgan fingerprint density at radius 1 is 0.500 bits per heavy atom. The highest BCUT2D eigenvalue weighted by Crippen LogP contribution is 2.19. The Hall–Kier alpha value is 0.274. The van der Waals surface area contributed by atoms with E-state index < -0.39 is 17.1 Å². The molecule has 0 spiro atoms. The maximum absolute atomic E-state index is 5.49. The third kappa shape index (κ3) is 8.54. The second kappa shape index (κ2) is 10.9. The first-order valence-corrected chi connectivity index (χ1v) is 12.7. The average Bonchev–Trinajstić information content (AvgIpc) is 2.49. The van der Waals surface area contributed by atoms with Crippen molar-refractivity contribution in [3.8, 4) is 0 Å². The van der Waals surface area contributed by atoms with Crippen molar-refractivity contribution < 1.29 is 17.7 Å². The molecule has 0 fully saturated rings. The summed E-state index contributed by atoms with van der Waals surface area (Å²) in [5.41, 5.74) is 0. The smallest absolute Gasteiger partial charge is 0.334 e. The highest BCUT2D eigenvalue weighted by atomic mass is 28.4. The zero-order valence-electron chi connectivity index (χ0n) is 14.3. The van der Waals surface area contributed by atoms with Crippen molar-refractivity contribution in [2.45, 2.75) is 63.7 Å². The van der Waals surface area contributed by atoms with E-state index in [1.54, 1.807) is 28.4 Å². The molecule has 0 aliphatic carbocycles. The van der Waals surface area contributed by atoms with Crippen LogP contribution in [-0.4, -0.2) is 45.6 Å². The minimum Gasteiger partial charge on any atom is -0.398 e. The van der Waals surface area contributed by atoms with Gasteiger partial charge in [-0.2, -0.15) is 0 Å². The molecule has 0 N–H and O–H groups in total. The van der Waals surface area contributed by atoms with Gasteiger partial charge in [0.25, 0.3) is 0 Å². The SMILES string of the molecule is CO[Si](C)(CCCCCCCC[Si](C)(OC)OC)OC. The molecule has 0 unspecified atom stereocenters. The van der Waals surface area contributed by atoms with Crippen molar-refractivity contribution >= 4 is 17.1 Å². The van der Waals surface area contributed by atoms with E-state index in [-0.39, 0.29) is 0 Å². The van der Waals surface area contributed by atoms with Crippen LogP contribution in [0.3, 0.4) is 0 Å². The quantitative estimate of drug-likeness (QED) is 0.378. The fourth-order valence-corrected chi connectivity index (χ4v) is 5.11. The summed E-state index contributed by atoms with van der Waals surface area (Å²) in [7, 11) is 3.39. The molecule has 122 valence electrons. The first-order chi connectivity index (χ1) is 9.45. The summed E-state index contributed by atoms with van der Waals surface area (Å²) in [6.07, 6.45) is 7.59. The van der Waals surface area contributed by atoms with E-state index in [4.69, 9.17) is 17.7 Å². The van der Waals surface area contributed by atoms with Crippen molar-refractivity contribution in [1.29, 1.82) is 0 Å². The second-order valence-corrected chi connectivity index (χ2v) is 12.9. The van der Waals surface area contributed by atoms with Crippen molar-refractivity contribution in [3.05, 3.63) is 0 Å². The Morgan fingerprint density at radius 2 is 0.750 bits per heavy atom. The van der Waals surface area contributed by atoms with Crippen LogP contribution >= 0.6 is 0 Å². The van der Waals surface area contributed by atoms with Gasteiger partial charge in [-0.1, -0.05) is 38.5 Å². The van der Waals surface area contributed by atoms with Crippen LogP contribution < -0.4 is 0 Å². The standard InChI is InChI=1S/C14H34O4Si2/c1-15-19(5,16-2)13-11-9-7-8-10-12-14-20(6,17-3)18-4/h7-14H2,1-6H3.